The SMILES string of the molecule is CCc1c(-c2ncc(-c3ccccc3)o2)[nH]c2c(C#N)cnn2c1=O. The summed E-state index contributed by atoms with van der Waals surface area (Å²) in [6.07, 6.45) is 3.46. The first-order chi connectivity index (χ1) is 12.2. The van der Waals surface area contributed by atoms with Gasteiger partial charge in [-0.15, -0.1) is 0 Å². The lowest BCUT2D eigenvalue weighted by atomic mass is 10.1. The van der Waals surface area contributed by atoms with Crippen LogP contribution in [0.25, 0.3) is 28.6 Å². The largest absolute Gasteiger partial charge is 0.435 e. The summed E-state index contributed by atoms with van der Waals surface area (Å²) in [4.78, 5) is 20.1. The van der Waals surface area contributed by atoms with Crippen molar-refractivity contribution in [2.45, 2.75) is 13.3 Å². The molecule has 0 amide bonds. The Labute approximate surface area is 142 Å². The summed E-state index contributed by atoms with van der Waals surface area (Å²) >= 11 is 0. The van der Waals surface area contributed by atoms with Crippen LogP contribution in [0.5, 0.6) is 0 Å². The highest BCUT2D eigenvalue weighted by Crippen LogP contribution is 2.26. The first-order valence-corrected chi connectivity index (χ1v) is 7.77. The summed E-state index contributed by atoms with van der Waals surface area (Å²) in [6.45, 7) is 1.87. The van der Waals surface area contributed by atoms with E-state index >= 15 is 0 Å². The Morgan fingerprint density at radius 2 is 2.08 bits per heavy atom. The third-order valence-corrected chi connectivity index (χ3v) is 4.02. The second kappa shape index (κ2) is 5.76. The molecule has 0 saturated carbocycles. The van der Waals surface area contributed by atoms with Gasteiger partial charge in [-0.3, -0.25) is 4.79 Å². The van der Waals surface area contributed by atoms with Crippen molar-refractivity contribution in [3.63, 3.8) is 0 Å². The first-order valence-electron chi connectivity index (χ1n) is 7.77. The van der Waals surface area contributed by atoms with Crippen LogP contribution in [-0.2, 0) is 6.42 Å². The van der Waals surface area contributed by atoms with Gasteiger partial charge in [-0.25, -0.2) is 4.98 Å². The van der Waals surface area contributed by atoms with Gasteiger partial charge in [0.25, 0.3) is 5.56 Å². The number of H-pyrrole nitrogens is 1. The number of nitrogens with zero attached hydrogens (tertiary/aromatic N) is 4. The van der Waals surface area contributed by atoms with E-state index in [1.807, 2.05) is 43.3 Å². The number of rotatable bonds is 3. The fourth-order valence-electron chi connectivity index (χ4n) is 2.77. The second-order valence-electron chi connectivity index (χ2n) is 5.46. The lowest BCUT2D eigenvalue weighted by Gasteiger charge is -2.05. The lowest BCUT2D eigenvalue weighted by Crippen LogP contribution is -2.21. The molecule has 0 bridgehead atoms. The van der Waals surface area contributed by atoms with E-state index in [9.17, 15) is 10.1 Å². The Hall–Kier alpha value is -3.66. The lowest BCUT2D eigenvalue weighted by molar-refractivity contribution is 0.584. The molecule has 4 rings (SSSR count). The predicted octanol–water partition coefficient (Wildman–Crippen LogP) is 2.78. The van der Waals surface area contributed by atoms with E-state index < -0.39 is 0 Å². The van der Waals surface area contributed by atoms with E-state index in [-0.39, 0.29) is 11.1 Å². The maximum atomic E-state index is 12.7. The fourth-order valence-corrected chi connectivity index (χ4v) is 2.77. The molecule has 0 saturated heterocycles. The van der Waals surface area contributed by atoms with Gasteiger partial charge in [-0.1, -0.05) is 37.3 Å². The normalized spacial score (nSPS) is 10.9. The predicted molar refractivity (Wildman–Crippen MR) is 90.8 cm³/mol. The molecule has 7 nitrogen and oxygen atoms in total. The smallest absolute Gasteiger partial charge is 0.278 e. The fraction of sp³-hybridized carbons (Fsp3) is 0.111. The zero-order valence-electron chi connectivity index (χ0n) is 13.4. The number of aromatic amines is 1. The van der Waals surface area contributed by atoms with Crippen LogP contribution in [-0.4, -0.2) is 19.6 Å². The molecule has 0 unspecified atom stereocenters. The minimum Gasteiger partial charge on any atom is -0.435 e. The molecule has 25 heavy (non-hydrogen) atoms. The Bertz CT molecular complexity index is 1160. The van der Waals surface area contributed by atoms with Crippen LogP contribution < -0.4 is 5.56 Å². The van der Waals surface area contributed by atoms with Crippen LogP contribution in [0.1, 0.15) is 18.1 Å². The Balaban J connectivity index is 1.94. The topological polar surface area (TPSA) is 100.0 Å². The van der Waals surface area contributed by atoms with Gasteiger partial charge >= 0.3 is 0 Å². The number of nitriles is 1. The summed E-state index contributed by atoms with van der Waals surface area (Å²) in [7, 11) is 0. The molecule has 0 atom stereocenters. The maximum absolute atomic E-state index is 12.7. The molecule has 3 heterocycles. The van der Waals surface area contributed by atoms with Crippen molar-refractivity contribution in [1.29, 1.82) is 5.26 Å². The summed E-state index contributed by atoms with van der Waals surface area (Å²) < 4.78 is 7.05. The number of nitrogens with one attached hydrogen (secondary N) is 1. The van der Waals surface area contributed by atoms with Crippen LogP contribution in [0.3, 0.4) is 0 Å². The Morgan fingerprint density at radius 3 is 2.80 bits per heavy atom. The molecular formula is C18H13N5O2. The number of hydrogen-bond donors (Lipinski definition) is 1. The van der Waals surface area contributed by atoms with Crippen molar-refractivity contribution in [3.8, 4) is 29.0 Å². The van der Waals surface area contributed by atoms with Gasteiger partial charge in [-0.2, -0.15) is 14.9 Å². The van der Waals surface area contributed by atoms with Crippen molar-refractivity contribution < 1.29 is 4.42 Å². The van der Waals surface area contributed by atoms with Crippen molar-refractivity contribution in [2.24, 2.45) is 0 Å². The quantitative estimate of drug-likeness (QED) is 0.622. The molecule has 0 spiro atoms. The molecule has 0 aliphatic rings. The van der Waals surface area contributed by atoms with Gasteiger partial charge in [-0.05, 0) is 6.42 Å². The molecule has 1 N–H and O–H groups in total. The van der Waals surface area contributed by atoms with Gasteiger partial charge < -0.3 is 9.40 Å². The van der Waals surface area contributed by atoms with Crippen molar-refractivity contribution in [3.05, 3.63) is 64.2 Å². The number of benzene rings is 1. The monoisotopic (exact) mass is 331 g/mol. The van der Waals surface area contributed by atoms with Crippen LogP contribution in [0.4, 0.5) is 0 Å². The molecule has 122 valence electrons. The highest BCUT2D eigenvalue weighted by atomic mass is 16.4. The van der Waals surface area contributed by atoms with Crippen molar-refractivity contribution >= 4 is 5.65 Å². The van der Waals surface area contributed by atoms with E-state index in [1.165, 1.54) is 10.7 Å². The highest BCUT2D eigenvalue weighted by molar-refractivity contribution is 5.64. The van der Waals surface area contributed by atoms with Gasteiger partial charge in [0.05, 0.1) is 12.4 Å². The zero-order valence-corrected chi connectivity index (χ0v) is 13.4. The van der Waals surface area contributed by atoms with Gasteiger partial charge in [0.15, 0.2) is 11.4 Å². The third kappa shape index (κ3) is 2.32. The van der Waals surface area contributed by atoms with E-state index in [0.29, 0.717) is 35.0 Å². The number of oxazole rings is 1. The molecule has 0 radical (unpaired) electrons. The van der Waals surface area contributed by atoms with Crippen LogP contribution >= 0.6 is 0 Å². The number of hydrogen-bond acceptors (Lipinski definition) is 5. The Morgan fingerprint density at radius 1 is 1.28 bits per heavy atom. The molecular weight excluding hydrogens is 318 g/mol. The third-order valence-electron chi connectivity index (χ3n) is 4.02. The Kier molecular flexibility index (Phi) is 3.43. The van der Waals surface area contributed by atoms with Crippen molar-refractivity contribution in [2.75, 3.05) is 0 Å². The van der Waals surface area contributed by atoms with Gasteiger partial charge in [0, 0.05) is 11.1 Å². The van der Waals surface area contributed by atoms with Gasteiger partial charge in [0.1, 0.15) is 17.3 Å². The molecule has 3 aromatic heterocycles. The number of fused-ring (bicyclic) bond motifs is 1. The molecule has 1 aromatic carbocycles. The standard InChI is InChI=1S/C18H13N5O2/c1-2-13-15(22-16-12(8-19)9-21-23(16)18(13)24)17-20-10-14(25-17)11-6-4-3-5-7-11/h3-7,9-10,22H,2H2,1H3. The number of aromatic nitrogens is 4. The average Bonchev–Trinajstić information content (AvgIpc) is 3.29. The summed E-state index contributed by atoms with van der Waals surface area (Å²) in [5.41, 5.74) is 2.20. The summed E-state index contributed by atoms with van der Waals surface area (Å²) in [5, 5.41) is 13.2. The molecule has 0 aliphatic heterocycles. The van der Waals surface area contributed by atoms with Gasteiger partial charge in [0.2, 0.25) is 5.89 Å². The highest BCUT2D eigenvalue weighted by Gasteiger charge is 2.19. The minimum absolute atomic E-state index is 0.285. The van der Waals surface area contributed by atoms with Crippen molar-refractivity contribution in [1.82, 2.24) is 19.6 Å². The summed E-state index contributed by atoms with van der Waals surface area (Å²) in [6, 6.07) is 11.6. The molecule has 0 fully saturated rings. The van der Waals surface area contributed by atoms with Crippen LogP contribution in [0, 0.1) is 11.3 Å². The van der Waals surface area contributed by atoms with E-state index in [2.05, 4.69) is 15.1 Å². The van der Waals surface area contributed by atoms with Crippen LogP contribution in [0.2, 0.25) is 0 Å². The van der Waals surface area contributed by atoms with E-state index in [0.717, 1.165) is 5.56 Å². The second-order valence-corrected chi connectivity index (χ2v) is 5.46. The zero-order chi connectivity index (χ0) is 17.4. The van der Waals surface area contributed by atoms with E-state index in [4.69, 9.17) is 4.42 Å². The maximum Gasteiger partial charge on any atom is 0.278 e. The molecule has 4 aromatic rings. The summed E-state index contributed by atoms with van der Waals surface area (Å²) in [5.74, 6) is 0.910. The molecule has 0 aliphatic carbocycles. The molecule has 7 heteroatoms. The minimum atomic E-state index is -0.285. The average molecular weight is 331 g/mol. The first kappa shape index (κ1) is 14.9. The van der Waals surface area contributed by atoms with Crippen LogP contribution in [0.15, 0.2) is 51.9 Å². The van der Waals surface area contributed by atoms with E-state index in [1.54, 1.807) is 6.20 Å².